The molecule has 18 heavy (non-hydrogen) atoms. The Balaban J connectivity index is 1.56. The predicted molar refractivity (Wildman–Crippen MR) is 68.7 cm³/mol. The smallest absolute Gasteiger partial charge is 0.222 e. The quantitative estimate of drug-likeness (QED) is 0.709. The Morgan fingerprint density at radius 3 is 2.78 bits per heavy atom. The predicted octanol–water partition coefficient (Wildman–Crippen LogP) is 0.733. The van der Waals surface area contributed by atoms with Crippen molar-refractivity contribution in [1.82, 2.24) is 4.90 Å². The molecule has 0 aromatic heterocycles. The van der Waals surface area contributed by atoms with Crippen LogP contribution >= 0.6 is 0 Å². The average molecular weight is 252 g/mol. The molecule has 1 amide bonds. The standard InChI is InChI=1S/C14H24N2O2/c15-5-3-1-2-4-12(17)16-8-10-6-9-7-11(10)13(16)14(9)18/h9-11,13-14,18H,1-8,15H2. The second-order valence-electron chi connectivity index (χ2n) is 6.28. The van der Waals surface area contributed by atoms with Crippen LogP contribution in [0.25, 0.3) is 0 Å². The SMILES string of the molecule is NCCCCCC(=O)N1CC2CC3CC2C1C3O. The van der Waals surface area contributed by atoms with Gasteiger partial charge in [-0.05, 0) is 50.0 Å². The largest absolute Gasteiger partial charge is 0.391 e. The van der Waals surface area contributed by atoms with E-state index in [1.165, 1.54) is 0 Å². The van der Waals surface area contributed by atoms with E-state index in [0.29, 0.717) is 30.7 Å². The molecule has 4 nitrogen and oxygen atoms in total. The van der Waals surface area contributed by atoms with Crippen molar-refractivity contribution in [3.8, 4) is 0 Å². The van der Waals surface area contributed by atoms with E-state index < -0.39 is 0 Å². The summed E-state index contributed by atoms with van der Waals surface area (Å²) in [6, 6.07) is 0.149. The number of hydrogen-bond acceptors (Lipinski definition) is 3. The van der Waals surface area contributed by atoms with Gasteiger partial charge in [0.25, 0.3) is 0 Å². The van der Waals surface area contributed by atoms with Crippen LogP contribution in [-0.4, -0.2) is 41.1 Å². The first-order chi connectivity index (χ1) is 8.72. The minimum atomic E-state index is -0.248. The van der Waals surface area contributed by atoms with Gasteiger partial charge in [-0.2, -0.15) is 0 Å². The van der Waals surface area contributed by atoms with Crippen LogP contribution in [0.5, 0.6) is 0 Å². The van der Waals surface area contributed by atoms with Gasteiger partial charge in [-0.25, -0.2) is 0 Å². The normalized spacial score (nSPS) is 40.8. The first kappa shape index (κ1) is 12.4. The van der Waals surface area contributed by atoms with Gasteiger partial charge < -0.3 is 15.7 Å². The van der Waals surface area contributed by atoms with Crippen LogP contribution in [0.1, 0.15) is 38.5 Å². The summed E-state index contributed by atoms with van der Waals surface area (Å²) in [6.45, 7) is 1.61. The summed E-state index contributed by atoms with van der Waals surface area (Å²) in [5.41, 5.74) is 5.45. The highest BCUT2D eigenvalue weighted by molar-refractivity contribution is 5.77. The number of unbranched alkanes of at least 4 members (excludes halogenated alkanes) is 2. The molecule has 1 heterocycles. The molecule has 3 aliphatic rings. The van der Waals surface area contributed by atoms with Gasteiger partial charge in [-0.3, -0.25) is 4.79 Å². The molecular weight excluding hydrogens is 228 g/mol. The van der Waals surface area contributed by atoms with Gasteiger partial charge in [0.2, 0.25) is 5.91 Å². The third kappa shape index (κ3) is 1.86. The molecule has 2 bridgehead atoms. The molecule has 5 atom stereocenters. The van der Waals surface area contributed by atoms with E-state index in [2.05, 4.69) is 0 Å². The lowest BCUT2D eigenvalue weighted by molar-refractivity contribution is -0.134. The molecule has 0 radical (unpaired) electrons. The van der Waals surface area contributed by atoms with Gasteiger partial charge in [-0.1, -0.05) is 6.42 Å². The molecule has 1 aliphatic heterocycles. The van der Waals surface area contributed by atoms with Gasteiger partial charge >= 0.3 is 0 Å². The van der Waals surface area contributed by atoms with Crippen LogP contribution in [-0.2, 0) is 4.79 Å². The van der Waals surface area contributed by atoms with E-state index in [4.69, 9.17) is 5.73 Å². The second kappa shape index (κ2) is 4.82. The number of likely N-dealkylation sites (tertiary alicyclic amines) is 1. The number of aliphatic hydroxyl groups is 1. The lowest BCUT2D eigenvalue weighted by atomic mass is 9.88. The van der Waals surface area contributed by atoms with Crippen LogP contribution in [0.3, 0.4) is 0 Å². The van der Waals surface area contributed by atoms with E-state index in [0.717, 1.165) is 38.6 Å². The number of fused-ring (bicyclic) bond motifs is 1. The van der Waals surface area contributed by atoms with Crippen molar-refractivity contribution in [3.05, 3.63) is 0 Å². The molecule has 0 aromatic rings. The van der Waals surface area contributed by atoms with Gasteiger partial charge in [0, 0.05) is 13.0 Å². The maximum Gasteiger partial charge on any atom is 0.222 e. The van der Waals surface area contributed by atoms with Gasteiger partial charge in [0.05, 0.1) is 12.1 Å². The summed E-state index contributed by atoms with van der Waals surface area (Å²) in [5, 5.41) is 10.2. The summed E-state index contributed by atoms with van der Waals surface area (Å²) >= 11 is 0. The van der Waals surface area contributed by atoms with Crippen molar-refractivity contribution in [1.29, 1.82) is 0 Å². The maximum atomic E-state index is 12.2. The Kier molecular flexibility index (Phi) is 3.32. The third-order valence-corrected chi connectivity index (χ3v) is 5.26. The molecule has 3 rings (SSSR count). The molecule has 3 N–H and O–H groups in total. The van der Waals surface area contributed by atoms with Crippen molar-refractivity contribution < 1.29 is 9.90 Å². The number of nitrogens with zero attached hydrogens (tertiary/aromatic N) is 1. The van der Waals surface area contributed by atoms with E-state index in [1.807, 2.05) is 4.90 Å². The molecule has 102 valence electrons. The highest BCUT2D eigenvalue weighted by Gasteiger charge is 2.59. The molecule has 4 heteroatoms. The number of rotatable bonds is 5. The summed E-state index contributed by atoms with van der Waals surface area (Å²) in [4.78, 5) is 14.2. The van der Waals surface area contributed by atoms with Crippen molar-refractivity contribution in [2.75, 3.05) is 13.1 Å². The average Bonchev–Trinajstić information content (AvgIpc) is 2.95. The number of amides is 1. The fourth-order valence-corrected chi connectivity index (χ4v) is 4.44. The van der Waals surface area contributed by atoms with Crippen molar-refractivity contribution >= 4 is 5.91 Å². The Morgan fingerprint density at radius 1 is 1.22 bits per heavy atom. The Labute approximate surface area is 109 Å². The van der Waals surface area contributed by atoms with Gasteiger partial charge in [0.1, 0.15) is 0 Å². The topological polar surface area (TPSA) is 66.6 Å². The Hall–Kier alpha value is -0.610. The van der Waals surface area contributed by atoms with Crippen LogP contribution < -0.4 is 5.73 Å². The Morgan fingerprint density at radius 2 is 2.06 bits per heavy atom. The highest BCUT2D eigenvalue weighted by Crippen LogP contribution is 2.54. The van der Waals surface area contributed by atoms with Crippen LogP contribution in [0.4, 0.5) is 0 Å². The molecule has 3 fully saturated rings. The molecule has 1 saturated heterocycles. The van der Waals surface area contributed by atoms with E-state index in [9.17, 15) is 9.90 Å². The third-order valence-electron chi connectivity index (χ3n) is 5.26. The molecule has 2 saturated carbocycles. The highest BCUT2D eigenvalue weighted by atomic mass is 16.3. The van der Waals surface area contributed by atoms with Crippen molar-refractivity contribution in [2.24, 2.45) is 23.5 Å². The summed E-state index contributed by atoms with van der Waals surface area (Å²) < 4.78 is 0. The van der Waals surface area contributed by atoms with Gasteiger partial charge in [-0.15, -0.1) is 0 Å². The van der Waals surface area contributed by atoms with E-state index >= 15 is 0 Å². The van der Waals surface area contributed by atoms with Crippen molar-refractivity contribution in [3.63, 3.8) is 0 Å². The summed E-state index contributed by atoms with van der Waals surface area (Å²) in [5.74, 6) is 2.00. The van der Waals surface area contributed by atoms with Gasteiger partial charge in [0.15, 0.2) is 0 Å². The Bertz CT molecular complexity index is 332. The molecule has 5 unspecified atom stereocenters. The fraction of sp³-hybridized carbons (Fsp3) is 0.929. The maximum absolute atomic E-state index is 12.2. The molecule has 2 aliphatic carbocycles. The zero-order valence-corrected chi connectivity index (χ0v) is 10.9. The van der Waals surface area contributed by atoms with E-state index in [-0.39, 0.29) is 18.1 Å². The number of nitrogens with two attached hydrogens (primary N) is 1. The number of carbonyl (C=O) groups excluding carboxylic acids is 1. The minimum Gasteiger partial charge on any atom is -0.391 e. The number of carbonyl (C=O) groups is 1. The fourth-order valence-electron chi connectivity index (χ4n) is 4.44. The zero-order valence-electron chi connectivity index (χ0n) is 10.9. The minimum absolute atomic E-state index is 0.149. The first-order valence-corrected chi connectivity index (χ1v) is 7.40. The first-order valence-electron chi connectivity index (χ1n) is 7.40. The monoisotopic (exact) mass is 252 g/mol. The van der Waals surface area contributed by atoms with E-state index in [1.54, 1.807) is 0 Å². The molecular formula is C14H24N2O2. The molecule has 0 aromatic carbocycles. The molecule has 0 spiro atoms. The number of hydrogen-bond donors (Lipinski definition) is 2. The summed E-state index contributed by atoms with van der Waals surface area (Å²) in [7, 11) is 0. The van der Waals surface area contributed by atoms with Crippen LogP contribution in [0, 0.1) is 17.8 Å². The number of aliphatic hydroxyl groups excluding tert-OH is 1. The summed E-state index contributed by atoms with van der Waals surface area (Å²) in [6.07, 6.45) is 5.65. The van der Waals surface area contributed by atoms with Crippen LogP contribution in [0.15, 0.2) is 0 Å². The lowest BCUT2D eigenvalue weighted by Gasteiger charge is -2.29. The van der Waals surface area contributed by atoms with Crippen molar-refractivity contribution in [2.45, 2.75) is 50.7 Å². The zero-order chi connectivity index (χ0) is 12.7. The lowest BCUT2D eigenvalue weighted by Crippen LogP contribution is -2.43. The van der Waals surface area contributed by atoms with Crippen LogP contribution in [0.2, 0.25) is 0 Å². The second-order valence-corrected chi connectivity index (χ2v) is 6.28.